The Morgan fingerprint density at radius 1 is 1.14 bits per heavy atom. The van der Waals surface area contributed by atoms with E-state index in [0.717, 1.165) is 24.6 Å². The molecule has 0 aliphatic heterocycles. The van der Waals surface area contributed by atoms with Crippen molar-refractivity contribution in [1.29, 1.82) is 0 Å². The van der Waals surface area contributed by atoms with E-state index in [1.165, 1.54) is 18.4 Å². The van der Waals surface area contributed by atoms with Crippen LogP contribution in [0.1, 0.15) is 37.3 Å². The van der Waals surface area contributed by atoms with Gasteiger partial charge in [0, 0.05) is 31.1 Å². The van der Waals surface area contributed by atoms with Crippen LogP contribution in [-0.2, 0) is 10.2 Å². The molecule has 0 spiro atoms. The highest BCUT2D eigenvalue weighted by molar-refractivity contribution is 14.0. The van der Waals surface area contributed by atoms with Crippen molar-refractivity contribution in [3.63, 3.8) is 0 Å². The number of anilines is 1. The first-order valence-corrected chi connectivity index (χ1v) is 9.91. The fourth-order valence-electron chi connectivity index (χ4n) is 3.09. The van der Waals surface area contributed by atoms with E-state index in [1.807, 2.05) is 32.0 Å². The van der Waals surface area contributed by atoms with Crippen LogP contribution in [0.15, 0.2) is 53.7 Å². The number of carbonyl (C=O) groups excluding carboxylic acids is 1. The molecule has 0 radical (unpaired) electrons. The number of hydrogen-bond acceptors (Lipinski definition) is 3. The van der Waals surface area contributed by atoms with Crippen molar-refractivity contribution in [3.8, 4) is 0 Å². The van der Waals surface area contributed by atoms with E-state index >= 15 is 0 Å². The smallest absolute Gasteiger partial charge is 0.227 e. The number of halogens is 1. The van der Waals surface area contributed by atoms with Crippen molar-refractivity contribution < 1.29 is 4.79 Å². The monoisotopic (exact) mass is 507 g/mol. The summed E-state index contributed by atoms with van der Waals surface area (Å²) in [5, 5.41) is 9.33. The molecule has 0 atom stereocenters. The molecule has 0 bridgehead atoms. The molecule has 0 unspecified atom stereocenters. The standard InChI is InChI=1S/C22H29N5O.HI/c1-3-23-21(26-16-22(12-13-22)18-7-5-4-6-8-18)24-14-11-20(28)27-19-10-9-17(2)15-25-19;/h4-10,15H,3,11-14,16H2,1-2H3,(H2,23,24,26)(H,25,27,28);1H. The lowest BCUT2D eigenvalue weighted by atomic mass is 9.96. The van der Waals surface area contributed by atoms with Crippen LogP contribution in [0.5, 0.6) is 0 Å². The lowest BCUT2D eigenvalue weighted by molar-refractivity contribution is -0.116. The molecule has 7 heteroatoms. The number of guanidine groups is 1. The molecule has 3 N–H and O–H groups in total. The number of pyridine rings is 1. The first kappa shape index (κ1) is 23.1. The van der Waals surface area contributed by atoms with Gasteiger partial charge in [0.25, 0.3) is 0 Å². The number of amides is 1. The average Bonchev–Trinajstić information content (AvgIpc) is 3.50. The predicted molar refractivity (Wildman–Crippen MR) is 129 cm³/mol. The van der Waals surface area contributed by atoms with Crippen molar-refractivity contribution in [1.82, 2.24) is 15.6 Å². The summed E-state index contributed by atoms with van der Waals surface area (Å²) in [5.74, 6) is 1.27. The van der Waals surface area contributed by atoms with Gasteiger partial charge in [-0.2, -0.15) is 0 Å². The summed E-state index contributed by atoms with van der Waals surface area (Å²) >= 11 is 0. The van der Waals surface area contributed by atoms with Crippen LogP contribution < -0.4 is 16.0 Å². The highest BCUT2D eigenvalue weighted by atomic mass is 127. The summed E-state index contributed by atoms with van der Waals surface area (Å²) in [7, 11) is 0. The van der Waals surface area contributed by atoms with Gasteiger partial charge in [0.1, 0.15) is 5.82 Å². The average molecular weight is 507 g/mol. The van der Waals surface area contributed by atoms with Gasteiger partial charge in [0.2, 0.25) is 5.91 Å². The van der Waals surface area contributed by atoms with Crippen molar-refractivity contribution in [2.45, 2.75) is 38.5 Å². The number of hydrogen-bond donors (Lipinski definition) is 3. The topological polar surface area (TPSA) is 78.4 Å². The highest BCUT2D eigenvalue weighted by Gasteiger charge is 2.43. The van der Waals surface area contributed by atoms with Crippen LogP contribution in [0.3, 0.4) is 0 Å². The summed E-state index contributed by atoms with van der Waals surface area (Å²) in [6.45, 7) is 6.06. The van der Waals surface area contributed by atoms with Crippen LogP contribution in [0.2, 0.25) is 0 Å². The van der Waals surface area contributed by atoms with Gasteiger partial charge in [0.05, 0.1) is 6.54 Å². The Morgan fingerprint density at radius 2 is 1.90 bits per heavy atom. The molecule has 1 aromatic carbocycles. The third-order valence-electron chi connectivity index (χ3n) is 4.95. The molecule has 1 amide bonds. The minimum absolute atomic E-state index is 0. The van der Waals surface area contributed by atoms with Crippen molar-refractivity contribution in [2.75, 3.05) is 25.0 Å². The maximum Gasteiger partial charge on any atom is 0.227 e. The summed E-state index contributed by atoms with van der Waals surface area (Å²) < 4.78 is 0. The number of nitrogens with zero attached hydrogens (tertiary/aromatic N) is 2. The number of aromatic nitrogens is 1. The van der Waals surface area contributed by atoms with E-state index in [2.05, 4.69) is 45.2 Å². The summed E-state index contributed by atoms with van der Waals surface area (Å²) in [4.78, 5) is 21.1. The quantitative estimate of drug-likeness (QED) is 0.290. The summed E-state index contributed by atoms with van der Waals surface area (Å²) in [6.07, 6.45) is 4.44. The van der Waals surface area contributed by atoms with E-state index < -0.39 is 0 Å². The molecule has 1 fully saturated rings. The maximum absolute atomic E-state index is 12.1. The molecular formula is C22H30IN5O. The molecule has 1 aliphatic rings. The molecule has 0 saturated heterocycles. The fourth-order valence-corrected chi connectivity index (χ4v) is 3.09. The second-order valence-electron chi connectivity index (χ2n) is 7.29. The van der Waals surface area contributed by atoms with Crippen LogP contribution in [0.25, 0.3) is 0 Å². The number of rotatable bonds is 8. The van der Waals surface area contributed by atoms with Gasteiger partial charge in [-0.15, -0.1) is 24.0 Å². The number of aryl methyl sites for hydroxylation is 1. The van der Waals surface area contributed by atoms with Crippen molar-refractivity contribution >= 4 is 41.7 Å². The SMILES string of the molecule is CCNC(=NCC1(c2ccccc2)CC1)NCCC(=O)Nc1ccc(C)cn1.I. The molecule has 156 valence electrons. The lowest BCUT2D eigenvalue weighted by Gasteiger charge is -2.16. The lowest BCUT2D eigenvalue weighted by Crippen LogP contribution is -2.39. The molecule has 1 saturated carbocycles. The Balaban J connectivity index is 0.00000300. The van der Waals surface area contributed by atoms with E-state index in [0.29, 0.717) is 18.8 Å². The van der Waals surface area contributed by atoms with Gasteiger partial charge in [-0.25, -0.2) is 4.98 Å². The second-order valence-corrected chi connectivity index (χ2v) is 7.29. The Morgan fingerprint density at radius 3 is 2.52 bits per heavy atom. The number of aliphatic imine (C=N–C) groups is 1. The highest BCUT2D eigenvalue weighted by Crippen LogP contribution is 2.48. The third-order valence-corrected chi connectivity index (χ3v) is 4.95. The zero-order chi connectivity index (χ0) is 19.8. The number of benzene rings is 1. The van der Waals surface area contributed by atoms with Gasteiger partial charge in [-0.3, -0.25) is 9.79 Å². The van der Waals surface area contributed by atoms with Gasteiger partial charge in [-0.05, 0) is 43.9 Å². The largest absolute Gasteiger partial charge is 0.357 e. The van der Waals surface area contributed by atoms with E-state index in [-0.39, 0.29) is 35.3 Å². The Labute approximate surface area is 190 Å². The van der Waals surface area contributed by atoms with Gasteiger partial charge < -0.3 is 16.0 Å². The molecular weight excluding hydrogens is 477 g/mol. The predicted octanol–water partition coefficient (Wildman–Crippen LogP) is 3.62. The minimum Gasteiger partial charge on any atom is -0.357 e. The van der Waals surface area contributed by atoms with E-state index in [4.69, 9.17) is 4.99 Å². The minimum atomic E-state index is -0.0670. The number of carbonyl (C=O) groups is 1. The normalized spacial score (nSPS) is 14.5. The fraction of sp³-hybridized carbons (Fsp3) is 0.409. The molecule has 3 rings (SSSR count). The number of nitrogens with one attached hydrogen (secondary N) is 3. The van der Waals surface area contributed by atoms with Crippen LogP contribution in [0, 0.1) is 6.92 Å². The Bertz CT molecular complexity index is 804. The summed E-state index contributed by atoms with van der Waals surface area (Å²) in [6, 6.07) is 14.3. The van der Waals surface area contributed by atoms with E-state index in [9.17, 15) is 4.79 Å². The van der Waals surface area contributed by atoms with Gasteiger partial charge >= 0.3 is 0 Å². The second kappa shape index (κ2) is 11.1. The molecule has 1 aliphatic carbocycles. The third kappa shape index (κ3) is 6.99. The van der Waals surface area contributed by atoms with Gasteiger partial charge in [-0.1, -0.05) is 36.4 Å². The molecule has 1 heterocycles. The first-order chi connectivity index (χ1) is 13.6. The van der Waals surface area contributed by atoms with Crippen LogP contribution >= 0.6 is 24.0 Å². The van der Waals surface area contributed by atoms with Crippen LogP contribution in [-0.4, -0.2) is 36.5 Å². The zero-order valence-electron chi connectivity index (χ0n) is 17.1. The van der Waals surface area contributed by atoms with E-state index in [1.54, 1.807) is 6.20 Å². The zero-order valence-corrected chi connectivity index (χ0v) is 19.4. The molecule has 2 aromatic rings. The van der Waals surface area contributed by atoms with Crippen molar-refractivity contribution in [3.05, 3.63) is 59.8 Å². The van der Waals surface area contributed by atoms with Crippen molar-refractivity contribution in [2.24, 2.45) is 4.99 Å². The van der Waals surface area contributed by atoms with Gasteiger partial charge in [0.15, 0.2) is 5.96 Å². The first-order valence-electron chi connectivity index (χ1n) is 9.91. The van der Waals surface area contributed by atoms with Crippen LogP contribution in [0.4, 0.5) is 5.82 Å². The summed E-state index contributed by atoms with van der Waals surface area (Å²) in [5.41, 5.74) is 2.60. The maximum atomic E-state index is 12.1. The Hall–Kier alpha value is -2.16. The molecule has 6 nitrogen and oxygen atoms in total. The molecule has 1 aromatic heterocycles. The Kier molecular flexibility index (Phi) is 8.88. The molecule has 29 heavy (non-hydrogen) atoms.